The number of ketones is 1. The zero-order valence-corrected chi connectivity index (χ0v) is 20.3. The molecule has 0 N–H and O–H groups in total. The van der Waals surface area contributed by atoms with Gasteiger partial charge in [-0.15, -0.1) is 0 Å². The first kappa shape index (κ1) is 23.7. The van der Waals surface area contributed by atoms with Crippen molar-refractivity contribution in [3.63, 3.8) is 0 Å². The number of hydrogen-bond donors (Lipinski definition) is 0. The fourth-order valence-corrected chi connectivity index (χ4v) is 5.25. The number of benzene rings is 2. The molecule has 32 heavy (non-hydrogen) atoms. The topological polar surface area (TPSA) is 78.3 Å². The van der Waals surface area contributed by atoms with Gasteiger partial charge in [-0.05, 0) is 62.4 Å². The first-order valence-electron chi connectivity index (χ1n) is 10.6. The van der Waals surface area contributed by atoms with Crippen LogP contribution in [0, 0.1) is 27.7 Å². The van der Waals surface area contributed by atoms with Crippen molar-refractivity contribution >= 4 is 15.6 Å². The maximum absolute atomic E-state index is 13.5. The Bertz CT molecular complexity index is 1260. The fourth-order valence-electron chi connectivity index (χ4n) is 3.90. The Kier molecular flexibility index (Phi) is 6.88. The second-order valence-corrected chi connectivity index (χ2v) is 10.2. The lowest BCUT2D eigenvalue weighted by Gasteiger charge is -2.16. The molecule has 0 spiro atoms. The lowest BCUT2D eigenvalue weighted by atomic mass is 9.95. The Morgan fingerprint density at radius 3 is 2.28 bits per heavy atom. The van der Waals surface area contributed by atoms with Crippen LogP contribution in [0.2, 0.25) is 0 Å². The Morgan fingerprint density at radius 2 is 1.69 bits per heavy atom. The van der Waals surface area contributed by atoms with Gasteiger partial charge in [0.05, 0.1) is 11.1 Å². The van der Waals surface area contributed by atoms with Gasteiger partial charge in [-0.3, -0.25) is 4.79 Å². The summed E-state index contributed by atoms with van der Waals surface area (Å²) < 4.78 is 32.3. The maximum Gasteiger partial charge on any atom is 0.223 e. The van der Waals surface area contributed by atoms with E-state index in [0.29, 0.717) is 46.8 Å². The van der Waals surface area contributed by atoms with Gasteiger partial charge in [0.25, 0.3) is 0 Å². The van der Waals surface area contributed by atoms with Gasteiger partial charge in [0.1, 0.15) is 12.2 Å². The van der Waals surface area contributed by atoms with Crippen LogP contribution < -0.4 is 4.74 Å². The van der Waals surface area contributed by atoms with Crippen LogP contribution in [0.4, 0.5) is 0 Å². The van der Waals surface area contributed by atoms with Crippen molar-refractivity contribution < 1.29 is 17.9 Å². The van der Waals surface area contributed by atoms with E-state index < -0.39 is 9.84 Å². The van der Waals surface area contributed by atoms with Gasteiger partial charge in [0, 0.05) is 18.4 Å². The first-order chi connectivity index (χ1) is 15.0. The lowest BCUT2D eigenvalue weighted by Crippen LogP contribution is -2.12. The molecular weight excluding hydrogens is 424 g/mol. The van der Waals surface area contributed by atoms with E-state index in [1.165, 1.54) is 18.0 Å². The predicted molar refractivity (Wildman–Crippen MR) is 125 cm³/mol. The molecule has 0 atom stereocenters. The monoisotopic (exact) mass is 454 g/mol. The summed E-state index contributed by atoms with van der Waals surface area (Å²) in [5.74, 6) is 0.203. The highest BCUT2D eigenvalue weighted by Crippen LogP contribution is 2.30. The number of carbonyl (C=O) groups is 1. The van der Waals surface area contributed by atoms with Crippen molar-refractivity contribution in [2.45, 2.75) is 59.1 Å². The van der Waals surface area contributed by atoms with E-state index in [1.807, 2.05) is 38.1 Å². The molecule has 170 valence electrons. The zero-order chi connectivity index (χ0) is 23.6. The molecule has 3 aromatic rings. The van der Waals surface area contributed by atoms with E-state index in [2.05, 4.69) is 5.10 Å². The third-order valence-electron chi connectivity index (χ3n) is 5.61. The van der Waals surface area contributed by atoms with Crippen molar-refractivity contribution in [3.8, 4) is 5.88 Å². The Labute approximate surface area is 190 Å². The number of ether oxygens (including phenoxy) is 1. The first-order valence-corrected chi connectivity index (χ1v) is 12.5. The van der Waals surface area contributed by atoms with Crippen LogP contribution >= 0.6 is 0 Å². The Morgan fingerprint density at radius 1 is 1.03 bits per heavy atom. The molecule has 6 nitrogen and oxygen atoms in total. The highest BCUT2D eigenvalue weighted by molar-refractivity contribution is 7.90. The normalized spacial score (nSPS) is 11.6. The third kappa shape index (κ3) is 4.78. The van der Waals surface area contributed by atoms with Gasteiger partial charge in [-0.1, -0.05) is 36.8 Å². The number of carbonyl (C=O) groups excluding carboxylic acids is 1. The summed E-state index contributed by atoms with van der Waals surface area (Å²) >= 11 is 0. The molecule has 0 aliphatic rings. The van der Waals surface area contributed by atoms with E-state index in [1.54, 1.807) is 31.5 Å². The summed E-state index contributed by atoms with van der Waals surface area (Å²) in [6, 6.07) is 9.69. The van der Waals surface area contributed by atoms with Gasteiger partial charge < -0.3 is 4.74 Å². The van der Waals surface area contributed by atoms with Gasteiger partial charge in [0.2, 0.25) is 5.88 Å². The SMILES string of the molecule is CCCn1ncc(C(=O)c2cc(C)c(S(C)(=O)=O)c(C)c2C)c1OCc1ccc(C)cc1. The number of aryl methyl sites for hydroxylation is 3. The standard InChI is InChI=1S/C25H30N2O4S/c1-7-12-27-25(31-15-20-10-8-16(2)9-11-20)22(14-26-27)23(28)21-13-17(3)24(32(6,29)30)19(5)18(21)4/h8-11,13-14H,7,12,15H2,1-6H3. The summed E-state index contributed by atoms with van der Waals surface area (Å²) in [7, 11) is -3.40. The fraction of sp³-hybridized carbons (Fsp3) is 0.360. The molecule has 1 aromatic heterocycles. The summed E-state index contributed by atoms with van der Waals surface area (Å²) in [5.41, 5.74) is 4.80. The minimum atomic E-state index is -3.40. The zero-order valence-electron chi connectivity index (χ0n) is 19.5. The highest BCUT2D eigenvalue weighted by atomic mass is 32.2. The molecule has 2 aromatic carbocycles. The average molecular weight is 455 g/mol. The molecule has 0 unspecified atom stereocenters. The van der Waals surface area contributed by atoms with Gasteiger partial charge >= 0.3 is 0 Å². The molecule has 0 radical (unpaired) electrons. The minimum Gasteiger partial charge on any atom is -0.472 e. The molecule has 0 saturated carbocycles. The molecule has 0 saturated heterocycles. The summed E-state index contributed by atoms with van der Waals surface area (Å²) in [6.45, 7) is 10.2. The molecule has 7 heteroatoms. The Balaban J connectivity index is 2.02. The second kappa shape index (κ2) is 9.28. The molecule has 0 bridgehead atoms. The smallest absolute Gasteiger partial charge is 0.223 e. The molecule has 0 aliphatic carbocycles. The van der Waals surface area contributed by atoms with E-state index in [9.17, 15) is 13.2 Å². The highest BCUT2D eigenvalue weighted by Gasteiger charge is 2.25. The van der Waals surface area contributed by atoms with E-state index in [-0.39, 0.29) is 10.7 Å². The van der Waals surface area contributed by atoms with Crippen LogP contribution in [-0.4, -0.2) is 30.2 Å². The molecular formula is C25H30N2O4S. The van der Waals surface area contributed by atoms with Crippen molar-refractivity contribution in [2.75, 3.05) is 6.26 Å². The van der Waals surface area contributed by atoms with Crippen LogP contribution in [0.25, 0.3) is 0 Å². The molecule has 0 fully saturated rings. The van der Waals surface area contributed by atoms with Crippen LogP contribution in [0.3, 0.4) is 0 Å². The van der Waals surface area contributed by atoms with E-state index >= 15 is 0 Å². The number of sulfone groups is 1. The lowest BCUT2D eigenvalue weighted by molar-refractivity contribution is 0.103. The third-order valence-corrected chi connectivity index (χ3v) is 6.98. The Hall–Kier alpha value is -2.93. The molecule has 3 rings (SSSR count). The number of rotatable bonds is 8. The van der Waals surface area contributed by atoms with Crippen LogP contribution in [-0.2, 0) is 23.0 Å². The van der Waals surface area contributed by atoms with Gasteiger partial charge in [-0.25, -0.2) is 13.1 Å². The quantitative estimate of drug-likeness (QED) is 0.460. The molecule has 0 amide bonds. The summed E-state index contributed by atoms with van der Waals surface area (Å²) in [4.78, 5) is 13.8. The summed E-state index contributed by atoms with van der Waals surface area (Å²) in [5, 5.41) is 4.39. The van der Waals surface area contributed by atoms with E-state index in [4.69, 9.17) is 4.74 Å². The van der Waals surface area contributed by atoms with Crippen molar-refractivity contribution in [1.82, 2.24) is 9.78 Å². The van der Waals surface area contributed by atoms with Crippen molar-refractivity contribution in [1.29, 1.82) is 0 Å². The van der Waals surface area contributed by atoms with Gasteiger partial charge in [-0.2, -0.15) is 5.10 Å². The van der Waals surface area contributed by atoms with E-state index in [0.717, 1.165) is 12.0 Å². The number of aromatic nitrogens is 2. The minimum absolute atomic E-state index is 0.227. The maximum atomic E-state index is 13.5. The predicted octanol–water partition coefficient (Wildman–Crippen LogP) is 4.74. The van der Waals surface area contributed by atoms with Crippen LogP contribution in [0.1, 0.15) is 57.1 Å². The van der Waals surface area contributed by atoms with Crippen molar-refractivity contribution in [3.05, 3.63) is 75.5 Å². The second-order valence-electron chi connectivity index (χ2n) is 8.28. The van der Waals surface area contributed by atoms with Gasteiger partial charge in [0.15, 0.2) is 15.6 Å². The summed E-state index contributed by atoms with van der Waals surface area (Å²) in [6.07, 6.45) is 3.57. The molecule has 0 aliphatic heterocycles. The van der Waals surface area contributed by atoms with Crippen molar-refractivity contribution in [2.24, 2.45) is 0 Å². The van der Waals surface area contributed by atoms with Crippen LogP contribution in [0.15, 0.2) is 41.4 Å². The average Bonchev–Trinajstić information content (AvgIpc) is 3.11. The largest absolute Gasteiger partial charge is 0.472 e. The number of nitrogens with zero attached hydrogens (tertiary/aromatic N) is 2. The molecule has 1 heterocycles. The number of hydrogen-bond acceptors (Lipinski definition) is 5. The van der Waals surface area contributed by atoms with Crippen LogP contribution in [0.5, 0.6) is 5.88 Å².